The van der Waals surface area contributed by atoms with Gasteiger partial charge in [-0.1, -0.05) is 0 Å². The molecule has 4 aromatic heterocycles. The molecule has 18 heteroatoms. The molecule has 4 N–H and O–H groups in total. The number of carbonyl (C=O) groups is 4. The van der Waals surface area contributed by atoms with Crippen LogP contribution < -0.4 is 22.7 Å². The number of carbonyl (C=O) groups excluding carboxylic acids is 4. The van der Waals surface area contributed by atoms with Crippen molar-refractivity contribution < 1.29 is 28.7 Å². The van der Waals surface area contributed by atoms with Crippen LogP contribution in [-0.4, -0.2) is 86.9 Å². The number of amides is 4. The van der Waals surface area contributed by atoms with E-state index in [1.54, 1.807) is 81.1 Å². The van der Waals surface area contributed by atoms with E-state index in [-0.39, 0.29) is 13.1 Å². The van der Waals surface area contributed by atoms with E-state index in [0.717, 1.165) is 0 Å². The summed E-state index contributed by atoms with van der Waals surface area (Å²) in [5.41, 5.74) is 17.1. The standard InChI is InChI=1S/C40H50N12O6/c1-9-51-31(17-23(5)45-51)37(55)43-39-47(7)29-19-25(35(41)53)13-15-27(29)49(39)21-33(57-11-3)34(58-12-4)22-50-28-16-14-26(36(42)54)20-30(28)48(8)40(50)44-38(56)32-18-24(6)46-52(32)10-2/h13-20,33-34H,9-12,21-22H2,1-8H3,(H2,41,53)(H2,42,54)/t33-,34-/m0/s1. The Bertz CT molecular complexity index is 2520. The molecule has 306 valence electrons. The minimum atomic E-state index is -0.663. The van der Waals surface area contributed by atoms with E-state index >= 15 is 0 Å². The van der Waals surface area contributed by atoms with E-state index in [4.69, 9.17) is 20.9 Å². The number of fused-ring (bicyclic) bond motifs is 2. The summed E-state index contributed by atoms with van der Waals surface area (Å²) in [7, 11) is 3.52. The van der Waals surface area contributed by atoms with Gasteiger partial charge in [0.25, 0.3) is 11.8 Å². The van der Waals surface area contributed by atoms with Crippen LogP contribution in [0.25, 0.3) is 22.1 Å². The molecule has 6 rings (SSSR count). The second-order valence-corrected chi connectivity index (χ2v) is 13.9. The summed E-state index contributed by atoms with van der Waals surface area (Å²) in [5.74, 6) is -2.19. The maximum atomic E-state index is 13.9. The summed E-state index contributed by atoms with van der Waals surface area (Å²) in [6.45, 7) is 13.0. The summed E-state index contributed by atoms with van der Waals surface area (Å²) >= 11 is 0. The highest BCUT2D eigenvalue weighted by molar-refractivity contribution is 5.98. The van der Waals surface area contributed by atoms with Crippen LogP contribution in [0.3, 0.4) is 0 Å². The largest absolute Gasteiger partial charge is 0.374 e. The molecule has 0 saturated carbocycles. The van der Waals surface area contributed by atoms with Crippen molar-refractivity contribution in [2.24, 2.45) is 35.5 Å². The third kappa shape index (κ3) is 7.92. The van der Waals surface area contributed by atoms with Crippen molar-refractivity contribution in [2.45, 2.75) is 79.9 Å². The molecule has 0 fully saturated rings. The minimum Gasteiger partial charge on any atom is -0.374 e. The Balaban J connectivity index is 1.52. The zero-order valence-electron chi connectivity index (χ0n) is 34.1. The van der Waals surface area contributed by atoms with Gasteiger partial charge in [0, 0.05) is 51.5 Å². The van der Waals surface area contributed by atoms with Gasteiger partial charge in [0.05, 0.1) is 46.5 Å². The van der Waals surface area contributed by atoms with Crippen molar-refractivity contribution >= 4 is 45.7 Å². The van der Waals surface area contributed by atoms with Gasteiger partial charge in [-0.25, -0.2) is 0 Å². The van der Waals surface area contributed by atoms with Crippen LogP contribution in [0.4, 0.5) is 0 Å². The molecule has 18 nitrogen and oxygen atoms in total. The van der Waals surface area contributed by atoms with E-state index in [2.05, 4.69) is 20.2 Å². The Morgan fingerprint density at radius 1 is 0.621 bits per heavy atom. The molecule has 0 unspecified atom stereocenters. The lowest BCUT2D eigenvalue weighted by Crippen LogP contribution is -2.43. The van der Waals surface area contributed by atoms with E-state index in [1.165, 1.54) is 0 Å². The molecule has 2 aromatic carbocycles. The summed E-state index contributed by atoms with van der Waals surface area (Å²) in [4.78, 5) is 61.5. The molecule has 0 spiro atoms. The number of primary amides is 2. The molecular weight excluding hydrogens is 745 g/mol. The Kier molecular flexibility index (Phi) is 12.1. The first-order valence-corrected chi connectivity index (χ1v) is 19.2. The monoisotopic (exact) mass is 794 g/mol. The average molecular weight is 795 g/mol. The van der Waals surface area contributed by atoms with Crippen LogP contribution in [-0.2, 0) is 49.7 Å². The van der Waals surface area contributed by atoms with Crippen LogP contribution in [0.5, 0.6) is 0 Å². The highest BCUT2D eigenvalue weighted by Crippen LogP contribution is 2.21. The second kappa shape index (κ2) is 17.0. The third-order valence-corrected chi connectivity index (χ3v) is 10.1. The molecule has 0 bridgehead atoms. The highest BCUT2D eigenvalue weighted by atomic mass is 16.5. The van der Waals surface area contributed by atoms with E-state index in [9.17, 15) is 19.2 Å². The maximum Gasteiger partial charge on any atom is 0.298 e. The number of aromatic nitrogens is 8. The third-order valence-electron chi connectivity index (χ3n) is 10.1. The summed E-state index contributed by atoms with van der Waals surface area (Å²) in [6.07, 6.45) is -1.33. The lowest BCUT2D eigenvalue weighted by atomic mass is 10.1. The summed E-state index contributed by atoms with van der Waals surface area (Å²) in [6, 6.07) is 13.5. The first kappa shape index (κ1) is 41.2. The number of aryl methyl sites for hydroxylation is 6. The Labute approximate surface area is 334 Å². The van der Waals surface area contributed by atoms with Crippen molar-refractivity contribution in [2.75, 3.05) is 13.2 Å². The first-order chi connectivity index (χ1) is 27.7. The van der Waals surface area contributed by atoms with Gasteiger partial charge < -0.3 is 39.2 Å². The number of ether oxygens (including phenoxy) is 2. The van der Waals surface area contributed by atoms with Crippen molar-refractivity contribution in [1.82, 2.24) is 37.8 Å². The van der Waals surface area contributed by atoms with E-state index < -0.39 is 35.8 Å². The van der Waals surface area contributed by atoms with Crippen LogP contribution in [0.2, 0.25) is 0 Å². The average Bonchev–Trinajstić information content (AvgIpc) is 3.92. The molecule has 4 amide bonds. The zero-order chi connectivity index (χ0) is 42.0. The minimum absolute atomic E-state index is 0.154. The molecule has 2 atom stereocenters. The van der Waals surface area contributed by atoms with Gasteiger partial charge in [-0.2, -0.15) is 20.2 Å². The molecular formula is C40H50N12O6. The number of rotatable bonds is 15. The summed E-state index contributed by atoms with van der Waals surface area (Å²) < 4.78 is 23.3. The Morgan fingerprint density at radius 3 is 1.33 bits per heavy atom. The normalized spacial score (nSPS) is 13.5. The fourth-order valence-electron chi connectivity index (χ4n) is 7.33. The van der Waals surface area contributed by atoms with Gasteiger partial charge in [-0.3, -0.25) is 28.5 Å². The van der Waals surface area contributed by atoms with Crippen LogP contribution in [0.15, 0.2) is 58.5 Å². The van der Waals surface area contributed by atoms with Crippen molar-refractivity contribution in [3.8, 4) is 0 Å². The molecule has 0 aliphatic rings. The van der Waals surface area contributed by atoms with Crippen LogP contribution in [0.1, 0.15) is 80.8 Å². The number of benzene rings is 2. The van der Waals surface area contributed by atoms with Gasteiger partial charge in [0.1, 0.15) is 23.6 Å². The topological polar surface area (TPSA) is 219 Å². The number of nitrogens with zero attached hydrogens (tertiary/aromatic N) is 10. The van der Waals surface area contributed by atoms with Crippen LogP contribution >= 0.6 is 0 Å². The fraction of sp³-hybridized carbons (Fsp3) is 0.400. The molecule has 58 heavy (non-hydrogen) atoms. The number of imidazole rings is 2. The van der Waals surface area contributed by atoms with Gasteiger partial charge in [0.15, 0.2) is 0 Å². The first-order valence-electron chi connectivity index (χ1n) is 19.2. The van der Waals surface area contributed by atoms with Crippen molar-refractivity contribution in [1.29, 1.82) is 0 Å². The van der Waals surface area contributed by atoms with Gasteiger partial charge in [-0.15, -0.1) is 0 Å². The number of hydrogen-bond donors (Lipinski definition) is 2. The van der Waals surface area contributed by atoms with Gasteiger partial charge in [-0.05, 0) is 90.1 Å². The molecule has 0 aliphatic carbocycles. The Hall–Kier alpha value is -6.40. The lowest BCUT2D eigenvalue weighted by molar-refractivity contribution is -0.0800. The molecule has 0 radical (unpaired) electrons. The number of nitrogens with two attached hydrogens (primary N) is 2. The van der Waals surface area contributed by atoms with E-state index in [0.29, 0.717) is 93.5 Å². The van der Waals surface area contributed by atoms with Gasteiger partial charge in [0.2, 0.25) is 23.1 Å². The lowest BCUT2D eigenvalue weighted by Gasteiger charge is -2.28. The molecule has 6 aromatic rings. The summed E-state index contributed by atoms with van der Waals surface area (Å²) in [5, 5.41) is 8.86. The highest BCUT2D eigenvalue weighted by Gasteiger charge is 2.28. The van der Waals surface area contributed by atoms with Crippen LogP contribution in [0, 0.1) is 13.8 Å². The predicted molar refractivity (Wildman–Crippen MR) is 215 cm³/mol. The Morgan fingerprint density at radius 2 is 1.00 bits per heavy atom. The van der Waals surface area contributed by atoms with Crippen molar-refractivity contribution in [3.63, 3.8) is 0 Å². The fourth-order valence-corrected chi connectivity index (χ4v) is 7.33. The zero-order valence-corrected chi connectivity index (χ0v) is 34.1. The molecule has 4 heterocycles. The predicted octanol–water partition coefficient (Wildman–Crippen LogP) is 2.51. The van der Waals surface area contributed by atoms with Gasteiger partial charge >= 0.3 is 0 Å². The smallest absolute Gasteiger partial charge is 0.298 e. The number of hydrogen-bond acceptors (Lipinski definition) is 8. The van der Waals surface area contributed by atoms with E-state index in [1.807, 2.05) is 50.7 Å². The quantitative estimate of drug-likeness (QED) is 0.157. The van der Waals surface area contributed by atoms with Crippen molar-refractivity contribution in [3.05, 3.63) is 93.7 Å². The molecule has 0 saturated heterocycles. The molecule has 0 aliphatic heterocycles. The maximum absolute atomic E-state index is 13.9. The second-order valence-electron chi connectivity index (χ2n) is 13.9. The SMILES string of the molecule is CCO[C@@H](Cn1c(=NC(=O)c2cc(C)nn2CC)n(C)c2cc(C(N)=O)ccc21)[C@H](Cn1c(=NC(=O)c2cc(C)nn2CC)n(C)c2cc(C(N)=O)ccc21)OCC.